The molecule has 0 aliphatic heterocycles. The maximum Gasteiger partial charge on any atom is -0.00989 e. The molecule has 0 heteroatoms. The molecule has 0 aliphatic carbocycles. The number of hydrogen-bond donors (Lipinski definition) is 0. The molecule has 0 nitrogen and oxygen atoms in total. The molecule has 0 amide bonds. The van der Waals surface area contributed by atoms with Crippen molar-refractivity contribution in [1.29, 1.82) is 0 Å². The summed E-state index contributed by atoms with van der Waals surface area (Å²) in [5, 5.41) is 5.17. The van der Waals surface area contributed by atoms with Gasteiger partial charge in [0.05, 0.1) is 0 Å². The van der Waals surface area contributed by atoms with Crippen LogP contribution in [-0.4, -0.2) is 0 Å². The lowest BCUT2D eigenvalue weighted by Gasteiger charge is -2.05. The minimum atomic E-state index is 1.11. The first kappa shape index (κ1) is 12.9. The van der Waals surface area contributed by atoms with Crippen LogP contribution in [0.2, 0.25) is 0 Å². The van der Waals surface area contributed by atoms with Crippen molar-refractivity contribution in [3.63, 3.8) is 0 Å². The molecule has 0 bridgehead atoms. The molecule has 0 aliphatic rings. The van der Waals surface area contributed by atoms with Crippen LogP contribution in [0.5, 0.6) is 0 Å². The number of fused-ring (bicyclic) bond motifs is 2. The lowest BCUT2D eigenvalue weighted by Crippen LogP contribution is -1.81. The first-order chi connectivity index (χ1) is 9.88. The maximum atomic E-state index is 3.46. The topological polar surface area (TPSA) is 0 Å². The first-order valence-electron chi connectivity index (χ1n) is 7.38. The summed E-state index contributed by atoms with van der Waals surface area (Å²) in [6.07, 6.45) is 9.22. The van der Waals surface area contributed by atoms with Crippen molar-refractivity contribution in [2.75, 3.05) is 0 Å². The third-order valence-corrected chi connectivity index (χ3v) is 3.71. The molecule has 0 unspecified atom stereocenters. The maximum absolute atomic E-state index is 3.46. The largest absolute Gasteiger partial charge is 0.0760 e. The summed E-state index contributed by atoms with van der Waals surface area (Å²) in [6.45, 7) is 2.22. The lowest BCUT2D eigenvalue weighted by molar-refractivity contribution is 0.813. The zero-order chi connectivity index (χ0) is 13.8. The van der Waals surface area contributed by atoms with Gasteiger partial charge in [0.25, 0.3) is 0 Å². The van der Waals surface area contributed by atoms with E-state index in [0.717, 1.165) is 6.42 Å². The molecule has 3 aromatic carbocycles. The minimum absolute atomic E-state index is 1.11. The molecular weight excluding hydrogens is 240 g/mol. The van der Waals surface area contributed by atoms with E-state index in [1.807, 2.05) is 0 Å². The number of unbranched alkanes of at least 4 members (excludes halogenated alkanes) is 2. The fraction of sp³-hybridized carbons (Fsp3) is 0.200. The average Bonchev–Trinajstić information content (AvgIpc) is 2.50. The van der Waals surface area contributed by atoms with Gasteiger partial charge in [0.15, 0.2) is 0 Å². The molecule has 0 atom stereocenters. The smallest absolute Gasteiger partial charge is 0.00989 e. The fourth-order valence-corrected chi connectivity index (χ4v) is 2.58. The van der Waals surface area contributed by atoms with Crippen LogP contribution in [0, 0.1) is 6.08 Å². The van der Waals surface area contributed by atoms with E-state index in [2.05, 4.69) is 73.7 Å². The molecule has 0 spiro atoms. The van der Waals surface area contributed by atoms with Crippen molar-refractivity contribution >= 4 is 21.5 Å². The van der Waals surface area contributed by atoms with E-state index < -0.39 is 0 Å². The summed E-state index contributed by atoms with van der Waals surface area (Å²) >= 11 is 0. The van der Waals surface area contributed by atoms with Crippen molar-refractivity contribution in [3.05, 3.63) is 72.3 Å². The summed E-state index contributed by atoms with van der Waals surface area (Å²) in [5.41, 5.74) is 1.20. The minimum Gasteiger partial charge on any atom is -0.0760 e. The van der Waals surface area contributed by atoms with Crippen LogP contribution in [0.4, 0.5) is 0 Å². The summed E-state index contributed by atoms with van der Waals surface area (Å²) in [4.78, 5) is 0. The number of allylic oxidation sites excluding steroid dienone is 1. The van der Waals surface area contributed by atoms with E-state index in [1.54, 1.807) is 0 Å². The predicted octanol–water partition coefficient (Wildman–Crippen LogP) is 5.89. The summed E-state index contributed by atoms with van der Waals surface area (Å²) in [7, 11) is 0. The summed E-state index contributed by atoms with van der Waals surface area (Å²) in [6, 6.07) is 19.5. The molecular formula is C20H19. The normalized spacial score (nSPS) is 11.7. The molecule has 0 heterocycles. The van der Waals surface area contributed by atoms with Crippen LogP contribution >= 0.6 is 0 Å². The van der Waals surface area contributed by atoms with Gasteiger partial charge in [-0.2, -0.15) is 0 Å². The first-order valence-corrected chi connectivity index (χ1v) is 7.38. The summed E-state index contributed by atoms with van der Waals surface area (Å²) < 4.78 is 0. The monoisotopic (exact) mass is 259 g/mol. The number of hydrogen-bond acceptors (Lipinski definition) is 0. The van der Waals surface area contributed by atoms with Gasteiger partial charge in [0.1, 0.15) is 0 Å². The molecule has 0 saturated carbocycles. The molecule has 99 valence electrons. The van der Waals surface area contributed by atoms with E-state index in [-0.39, 0.29) is 0 Å². The quantitative estimate of drug-likeness (QED) is 0.405. The Hall–Kier alpha value is -2.08. The number of rotatable bonds is 4. The van der Waals surface area contributed by atoms with Crippen LogP contribution in [0.25, 0.3) is 21.5 Å². The zero-order valence-corrected chi connectivity index (χ0v) is 11.9. The molecule has 0 N–H and O–H groups in total. The molecule has 0 saturated heterocycles. The van der Waals surface area contributed by atoms with Crippen LogP contribution in [0.3, 0.4) is 0 Å². The van der Waals surface area contributed by atoms with Gasteiger partial charge >= 0.3 is 0 Å². The standard InChI is InChI=1S/C20H19/c1-2-3-4-5-9-16-12-8-13-19-14-17-10-6-7-11-18(17)15-20(16)19/h5-8,10-15H,2-4H2,1H3. The fourth-order valence-electron chi connectivity index (χ4n) is 2.58. The molecule has 0 aromatic heterocycles. The van der Waals surface area contributed by atoms with Gasteiger partial charge in [-0.1, -0.05) is 68.3 Å². The van der Waals surface area contributed by atoms with Crippen LogP contribution in [-0.2, 0) is 0 Å². The van der Waals surface area contributed by atoms with Crippen molar-refractivity contribution in [1.82, 2.24) is 0 Å². The summed E-state index contributed by atoms with van der Waals surface area (Å²) in [5.74, 6) is 0. The van der Waals surface area contributed by atoms with E-state index in [0.29, 0.717) is 0 Å². The van der Waals surface area contributed by atoms with Crippen molar-refractivity contribution in [2.24, 2.45) is 0 Å². The second kappa shape index (κ2) is 5.92. The van der Waals surface area contributed by atoms with Gasteiger partial charge in [-0.05, 0) is 51.7 Å². The molecule has 1 radical (unpaired) electrons. The Bertz CT molecular complexity index is 750. The highest BCUT2D eigenvalue weighted by atomic mass is 14.0. The average molecular weight is 259 g/mol. The zero-order valence-electron chi connectivity index (χ0n) is 11.9. The second-order valence-electron chi connectivity index (χ2n) is 5.22. The number of benzene rings is 3. The highest BCUT2D eigenvalue weighted by Gasteiger charge is 2.01. The SMILES string of the molecule is CCCC/C=[C]\c1cccc2cc3ccccc3cc12. The van der Waals surface area contributed by atoms with E-state index in [9.17, 15) is 0 Å². The van der Waals surface area contributed by atoms with Crippen molar-refractivity contribution in [3.8, 4) is 0 Å². The Balaban J connectivity index is 2.08. The third-order valence-electron chi connectivity index (χ3n) is 3.71. The van der Waals surface area contributed by atoms with Gasteiger partial charge in [-0.15, -0.1) is 0 Å². The van der Waals surface area contributed by atoms with E-state index in [4.69, 9.17) is 0 Å². The van der Waals surface area contributed by atoms with Crippen molar-refractivity contribution in [2.45, 2.75) is 26.2 Å². The van der Waals surface area contributed by atoms with Crippen LogP contribution in [0.1, 0.15) is 31.7 Å². The third kappa shape index (κ3) is 2.60. The predicted molar refractivity (Wildman–Crippen MR) is 87.9 cm³/mol. The molecule has 0 fully saturated rings. The van der Waals surface area contributed by atoms with Gasteiger partial charge in [-0.25, -0.2) is 0 Å². The van der Waals surface area contributed by atoms with Crippen LogP contribution in [0.15, 0.2) is 60.7 Å². The van der Waals surface area contributed by atoms with Crippen LogP contribution < -0.4 is 0 Å². The molecule has 3 rings (SSSR count). The highest BCUT2D eigenvalue weighted by Crippen LogP contribution is 2.25. The van der Waals surface area contributed by atoms with Crippen molar-refractivity contribution < 1.29 is 0 Å². The molecule has 3 aromatic rings. The van der Waals surface area contributed by atoms with E-state index in [1.165, 1.54) is 39.9 Å². The highest BCUT2D eigenvalue weighted by molar-refractivity contribution is 5.99. The van der Waals surface area contributed by atoms with E-state index >= 15 is 0 Å². The van der Waals surface area contributed by atoms with Gasteiger partial charge in [0, 0.05) is 0 Å². The molecule has 20 heavy (non-hydrogen) atoms. The van der Waals surface area contributed by atoms with Gasteiger partial charge < -0.3 is 0 Å². The second-order valence-corrected chi connectivity index (χ2v) is 5.22. The Morgan fingerprint density at radius 3 is 2.45 bits per heavy atom. The Kier molecular flexibility index (Phi) is 3.83. The van der Waals surface area contributed by atoms with Gasteiger partial charge in [-0.3, -0.25) is 0 Å². The Labute approximate surface area is 120 Å². The van der Waals surface area contributed by atoms with Gasteiger partial charge in [0.2, 0.25) is 0 Å². The Morgan fingerprint density at radius 2 is 1.65 bits per heavy atom. The Morgan fingerprint density at radius 1 is 0.900 bits per heavy atom. The lowest BCUT2D eigenvalue weighted by atomic mass is 9.99.